The molecule has 0 fully saturated rings. The molecule has 0 atom stereocenters. The first-order chi connectivity index (χ1) is 7.24. The van der Waals surface area contributed by atoms with Crippen molar-refractivity contribution in [1.82, 2.24) is 0 Å². The third-order valence-electron chi connectivity index (χ3n) is 2.56. The maximum absolute atomic E-state index is 8.81. The van der Waals surface area contributed by atoms with E-state index in [9.17, 15) is 0 Å². The molecule has 0 amide bonds. The van der Waals surface area contributed by atoms with Crippen molar-refractivity contribution >= 4 is 15.9 Å². The van der Waals surface area contributed by atoms with Gasteiger partial charge >= 0.3 is 0 Å². The summed E-state index contributed by atoms with van der Waals surface area (Å²) in [7, 11) is 0. The van der Waals surface area contributed by atoms with Gasteiger partial charge in [0.1, 0.15) is 0 Å². The number of aryl methyl sites for hydroxylation is 1. The molecule has 1 aliphatic heterocycles. The van der Waals surface area contributed by atoms with Crippen LogP contribution in [0.25, 0.3) is 0 Å². The Morgan fingerprint density at radius 3 is 2.87 bits per heavy atom. The van der Waals surface area contributed by atoms with E-state index >= 15 is 0 Å². The molecule has 1 aliphatic rings. The van der Waals surface area contributed by atoms with Crippen LogP contribution in [0.4, 0.5) is 0 Å². The highest BCUT2D eigenvalue weighted by atomic mass is 79.9. The smallest absolute Gasteiger partial charge is 0.231 e. The summed E-state index contributed by atoms with van der Waals surface area (Å²) in [6.07, 6.45) is 1.63. The second-order valence-electron chi connectivity index (χ2n) is 3.53. The van der Waals surface area contributed by atoms with E-state index in [-0.39, 0.29) is 13.4 Å². The van der Waals surface area contributed by atoms with E-state index in [4.69, 9.17) is 14.6 Å². The van der Waals surface area contributed by atoms with E-state index in [1.54, 1.807) is 0 Å². The van der Waals surface area contributed by atoms with Crippen molar-refractivity contribution in [2.24, 2.45) is 0 Å². The van der Waals surface area contributed by atoms with Crippen LogP contribution in [0.15, 0.2) is 10.5 Å². The lowest BCUT2D eigenvalue weighted by Crippen LogP contribution is -1.95. The molecular weight excluding hydrogens is 260 g/mol. The standard InChI is InChI=1S/C11H13BrO3/c1-7-8(3-2-4-13)5-9(12)11-10(7)14-6-15-11/h5,13H,2-4,6H2,1H3. The second kappa shape index (κ2) is 4.41. The molecule has 1 aromatic rings. The van der Waals surface area contributed by atoms with Crippen LogP contribution in [0.2, 0.25) is 0 Å². The highest BCUT2D eigenvalue weighted by Gasteiger charge is 2.21. The number of aliphatic hydroxyl groups excluding tert-OH is 1. The lowest BCUT2D eigenvalue weighted by atomic mass is 10.0. The molecular formula is C11H13BrO3. The lowest BCUT2D eigenvalue weighted by Gasteiger charge is -2.09. The monoisotopic (exact) mass is 272 g/mol. The van der Waals surface area contributed by atoms with E-state index in [0.717, 1.165) is 34.4 Å². The maximum Gasteiger partial charge on any atom is 0.231 e. The minimum absolute atomic E-state index is 0.214. The number of rotatable bonds is 3. The Hall–Kier alpha value is -0.740. The van der Waals surface area contributed by atoms with E-state index in [2.05, 4.69) is 15.9 Å². The third kappa shape index (κ3) is 1.96. The summed E-state index contributed by atoms with van der Waals surface area (Å²) >= 11 is 3.46. The Morgan fingerprint density at radius 2 is 2.13 bits per heavy atom. The van der Waals surface area contributed by atoms with Gasteiger partial charge in [-0.25, -0.2) is 0 Å². The number of halogens is 1. The van der Waals surface area contributed by atoms with Crippen LogP contribution in [0.3, 0.4) is 0 Å². The van der Waals surface area contributed by atoms with E-state index in [0.29, 0.717) is 0 Å². The lowest BCUT2D eigenvalue weighted by molar-refractivity contribution is 0.173. The Kier molecular flexibility index (Phi) is 3.17. The fourth-order valence-electron chi connectivity index (χ4n) is 1.74. The molecule has 0 bridgehead atoms. The Bertz CT molecular complexity index is 377. The van der Waals surface area contributed by atoms with Crippen molar-refractivity contribution in [2.45, 2.75) is 19.8 Å². The van der Waals surface area contributed by atoms with Crippen molar-refractivity contribution in [3.05, 3.63) is 21.7 Å². The molecule has 15 heavy (non-hydrogen) atoms. The van der Waals surface area contributed by atoms with Crippen LogP contribution < -0.4 is 9.47 Å². The molecule has 0 saturated carbocycles. The molecule has 0 aromatic heterocycles. The number of fused-ring (bicyclic) bond motifs is 1. The van der Waals surface area contributed by atoms with Crippen LogP contribution in [0.1, 0.15) is 17.5 Å². The highest BCUT2D eigenvalue weighted by Crippen LogP contribution is 2.43. The van der Waals surface area contributed by atoms with Gasteiger partial charge in [0.15, 0.2) is 11.5 Å². The summed E-state index contributed by atoms with van der Waals surface area (Å²) in [5.41, 5.74) is 2.30. The van der Waals surface area contributed by atoms with Gasteiger partial charge in [-0.3, -0.25) is 0 Å². The van der Waals surface area contributed by atoms with Gasteiger partial charge in [0, 0.05) is 6.61 Å². The average Bonchev–Trinajstić information content (AvgIpc) is 2.70. The summed E-state index contributed by atoms with van der Waals surface area (Å²) in [6, 6.07) is 2.04. The first kappa shape index (κ1) is 10.8. The van der Waals surface area contributed by atoms with Crippen LogP contribution in [-0.2, 0) is 6.42 Å². The van der Waals surface area contributed by atoms with Gasteiger partial charge in [-0.05, 0) is 52.9 Å². The summed E-state index contributed by atoms with van der Waals surface area (Å²) in [6.45, 7) is 2.52. The van der Waals surface area contributed by atoms with Gasteiger partial charge in [-0.1, -0.05) is 0 Å². The normalized spacial score (nSPS) is 13.3. The van der Waals surface area contributed by atoms with Gasteiger partial charge in [-0.2, -0.15) is 0 Å². The first-order valence-corrected chi connectivity index (χ1v) is 5.71. The van der Waals surface area contributed by atoms with Gasteiger partial charge < -0.3 is 14.6 Å². The van der Waals surface area contributed by atoms with Crippen LogP contribution in [0, 0.1) is 6.92 Å². The van der Waals surface area contributed by atoms with Crippen LogP contribution >= 0.6 is 15.9 Å². The number of benzene rings is 1. The van der Waals surface area contributed by atoms with Crippen molar-refractivity contribution in [1.29, 1.82) is 0 Å². The zero-order valence-corrected chi connectivity index (χ0v) is 10.1. The van der Waals surface area contributed by atoms with Crippen molar-refractivity contribution in [3.8, 4) is 11.5 Å². The highest BCUT2D eigenvalue weighted by molar-refractivity contribution is 9.10. The van der Waals surface area contributed by atoms with E-state index in [1.165, 1.54) is 5.56 Å². The van der Waals surface area contributed by atoms with Crippen LogP contribution in [-0.4, -0.2) is 18.5 Å². The molecule has 0 spiro atoms. The number of hydrogen-bond acceptors (Lipinski definition) is 3. The van der Waals surface area contributed by atoms with Crippen molar-refractivity contribution < 1.29 is 14.6 Å². The predicted octanol–water partition coefficient (Wildman–Crippen LogP) is 2.41. The largest absolute Gasteiger partial charge is 0.453 e. The molecule has 0 radical (unpaired) electrons. The number of hydrogen-bond donors (Lipinski definition) is 1. The molecule has 3 nitrogen and oxygen atoms in total. The van der Waals surface area contributed by atoms with E-state index < -0.39 is 0 Å². The van der Waals surface area contributed by atoms with Gasteiger partial charge in [0.2, 0.25) is 6.79 Å². The van der Waals surface area contributed by atoms with Crippen LogP contribution in [0.5, 0.6) is 11.5 Å². The molecule has 1 heterocycles. The Balaban J connectivity index is 2.36. The summed E-state index contributed by atoms with van der Waals surface area (Å²) < 4.78 is 11.7. The molecule has 2 rings (SSSR count). The minimum Gasteiger partial charge on any atom is -0.453 e. The quantitative estimate of drug-likeness (QED) is 0.919. The molecule has 1 aromatic carbocycles. The van der Waals surface area contributed by atoms with Gasteiger partial charge in [0.05, 0.1) is 4.47 Å². The molecule has 0 aliphatic carbocycles. The average molecular weight is 273 g/mol. The second-order valence-corrected chi connectivity index (χ2v) is 4.39. The Labute approximate surface area is 97.1 Å². The minimum atomic E-state index is 0.214. The number of ether oxygens (including phenoxy) is 2. The first-order valence-electron chi connectivity index (χ1n) is 4.92. The fourth-order valence-corrected chi connectivity index (χ4v) is 2.31. The molecule has 0 unspecified atom stereocenters. The molecule has 4 heteroatoms. The zero-order valence-electron chi connectivity index (χ0n) is 8.55. The van der Waals surface area contributed by atoms with E-state index in [1.807, 2.05) is 13.0 Å². The fraction of sp³-hybridized carbons (Fsp3) is 0.455. The van der Waals surface area contributed by atoms with Crippen molar-refractivity contribution in [3.63, 3.8) is 0 Å². The van der Waals surface area contributed by atoms with Gasteiger partial charge in [0.25, 0.3) is 0 Å². The molecule has 0 saturated heterocycles. The molecule has 82 valence electrons. The third-order valence-corrected chi connectivity index (χ3v) is 3.15. The maximum atomic E-state index is 8.81. The number of aliphatic hydroxyl groups is 1. The SMILES string of the molecule is Cc1c(CCCO)cc(Br)c2c1OCO2. The topological polar surface area (TPSA) is 38.7 Å². The van der Waals surface area contributed by atoms with Gasteiger partial charge in [-0.15, -0.1) is 0 Å². The Morgan fingerprint density at radius 1 is 1.40 bits per heavy atom. The summed E-state index contributed by atoms with van der Waals surface area (Å²) in [4.78, 5) is 0. The predicted molar refractivity (Wildman–Crippen MR) is 60.4 cm³/mol. The molecule has 1 N–H and O–H groups in total. The zero-order chi connectivity index (χ0) is 10.8. The summed E-state index contributed by atoms with van der Waals surface area (Å²) in [5, 5.41) is 8.81. The van der Waals surface area contributed by atoms with Crippen molar-refractivity contribution in [2.75, 3.05) is 13.4 Å². The summed E-state index contributed by atoms with van der Waals surface area (Å²) in [5.74, 6) is 1.62.